The van der Waals surface area contributed by atoms with Gasteiger partial charge in [0.25, 0.3) is 0 Å². The van der Waals surface area contributed by atoms with Crippen LogP contribution in [-0.2, 0) is 14.7 Å². The van der Waals surface area contributed by atoms with Gasteiger partial charge in [-0.15, -0.1) is 0 Å². The fourth-order valence-electron chi connectivity index (χ4n) is 2.04. The van der Waals surface area contributed by atoms with E-state index in [1.54, 1.807) is 0 Å². The van der Waals surface area contributed by atoms with Crippen molar-refractivity contribution in [3.8, 4) is 0 Å². The average Bonchev–Trinajstić information content (AvgIpc) is 2.78. The molecular weight excluding hydrogens is 274 g/mol. The van der Waals surface area contributed by atoms with Gasteiger partial charge >= 0.3 is 0 Å². The van der Waals surface area contributed by atoms with Crippen LogP contribution in [0, 0.1) is 0 Å². The molecular formula is C15H19NO3S. The molecule has 1 aromatic carbocycles. The zero-order valence-corrected chi connectivity index (χ0v) is 12.8. The highest BCUT2D eigenvalue weighted by atomic mass is 32.2. The van der Waals surface area contributed by atoms with Gasteiger partial charge in [0.05, 0.1) is 5.75 Å². The van der Waals surface area contributed by atoms with Crippen molar-refractivity contribution in [3.05, 3.63) is 42.0 Å². The van der Waals surface area contributed by atoms with Crippen molar-refractivity contribution in [2.75, 3.05) is 5.75 Å². The molecule has 1 aromatic rings. The molecule has 2 rings (SSSR count). The number of hydrogen-bond acceptors (Lipinski definition) is 4. The first kappa shape index (κ1) is 14.8. The normalized spacial score (nSPS) is 18.6. The maximum Gasteiger partial charge on any atom is 0.199 e. The number of allylic oxidation sites excluding steroid dienone is 1. The summed E-state index contributed by atoms with van der Waals surface area (Å²) < 4.78 is 24.8. The molecule has 20 heavy (non-hydrogen) atoms. The summed E-state index contributed by atoms with van der Waals surface area (Å²) in [5, 5.41) is 3.88. The lowest BCUT2D eigenvalue weighted by Gasteiger charge is -2.13. The van der Waals surface area contributed by atoms with Gasteiger partial charge in [0.2, 0.25) is 0 Å². The molecule has 1 aliphatic heterocycles. The molecule has 5 heteroatoms. The summed E-state index contributed by atoms with van der Waals surface area (Å²) in [6.07, 6.45) is 2.15. The molecule has 0 aliphatic carbocycles. The number of nitrogens with zero attached hydrogens (tertiary/aromatic N) is 1. The van der Waals surface area contributed by atoms with Crippen LogP contribution in [0.1, 0.15) is 32.8 Å². The van der Waals surface area contributed by atoms with Gasteiger partial charge in [-0.2, -0.15) is 0 Å². The first-order valence-corrected chi connectivity index (χ1v) is 8.18. The van der Waals surface area contributed by atoms with Gasteiger partial charge in [-0.05, 0) is 31.9 Å². The molecule has 0 bridgehead atoms. The third kappa shape index (κ3) is 3.28. The Balaban J connectivity index is 2.21. The van der Waals surface area contributed by atoms with Crippen molar-refractivity contribution in [1.29, 1.82) is 0 Å². The lowest BCUT2D eigenvalue weighted by atomic mass is 10.1. The van der Waals surface area contributed by atoms with Crippen molar-refractivity contribution < 1.29 is 13.3 Å². The molecule has 0 amide bonds. The fraction of sp³-hybridized carbons (Fsp3) is 0.400. The highest BCUT2D eigenvalue weighted by molar-refractivity contribution is 8.06. The third-order valence-electron chi connectivity index (χ3n) is 3.17. The molecule has 0 fully saturated rings. The van der Waals surface area contributed by atoms with Crippen LogP contribution in [0.5, 0.6) is 0 Å². The maximum absolute atomic E-state index is 12.4. The first-order chi connectivity index (χ1) is 9.34. The van der Waals surface area contributed by atoms with Crippen LogP contribution in [0.3, 0.4) is 0 Å². The van der Waals surface area contributed by atoms with Crippen LogP contribution >= 0.6 is 0 Å². The monoisotopic (exact) mass is 293 g/mol. The van der Waals surface area contributed by atoms with Crippen LogP contribution in [0.25, 0.3) is 5.57 Å². The molecule has 108 valence electrons. The topological polar surface area (TPSA) is 55.7 Å². The van der Waals surface area contributed by atoms with Crippen LogP contribution < -0.4 is 0 Å². The second-order valence-corrected chi connectivity index (χ2v) is 7.44. The van der Waals surface area contributed by atoms with E-state index in [1.165, 1.54) is 0 Å². The predicted octanol–water partition coefficient (Wildman–Crippen LogP) is 3.02. The Kier molecular flexibility index (Phi) is 3.99. The highest BCUT2D eigenvalue weighted by Gasteiger charge is 2.36. The Morgan fingerprint density at radius 2 is 2.00 bits per heavy atom. The van der Waals surface area contributed by atoms with Gasteiger partial charge in [0.15, 0.2) is 14.9 Å². The maximum atomic E-state index is 12.4. The van der Waals surface area contributed by atoms with Crippen LogP contribution in [0.15, 0.2) is 41.6 Å². The summed E-state index contributed by atoms with van der Waals surface area (Å²) >= 11 is 0. The van der Waals surface area contributed by atoms with Crippen LogP contribution in [-0.4, -0.2) is 24.8 Å². The smallest absolute Gasteiger partial charge is 0.199 e. The second kappa shape index (κ2) is 5.40. The fourth-order valence-corrected chi connectivity index (χ4v) is 3.67. The van der Waals surface area contributed by atoms with E-state index in [0.717, 1.165) is 11.1 Å². The molecule has 0 N–H and O–H groups in total. The van der Waals surface area contributed by atoms with Gasteiger partial charge in [-0.3, -0.25) is 0 Å². The van der Waals surface area contributed by atoms with Crippen LogP contribution in [0.4, 0.5) is 0 Å². The Morgan fingerprint density at radius 1 is 1.35 bits per heavy atom. The van der Waals surface area contributed by atoms with Crippen molar-refractivity contribution in [3.63, 3.8) is 0 Å². The zero-order valence-electron chi connectivity index (χ0n) is 12.0. The Morgan fingerprint density at radius 3 is 2.50 bits per heavy atom. The molecule has 4 nitrogen and oxygen atoms in total. The van der Waals surface area contributed by atoms with Gasteiger partial charge in [0.1, 0.15) is 5.60 Å². The number of oxime groups is 1. The molecule has 0 saturated carbocycles. The average molecular weight is 293 g/mol. The SMILES string of the molecule is C/C=C(\CS(=O)(=O)C1=NOC(C)(C)C1)c1ccccc1. The molecule has 1 aliphatic rings. The Hall–Kier alpha value is -1.62. The van der Waals surface area contributed by atoms with Crippen molar-refractivity contribution >= 4 is 20.5 Å². The highest BCUT2D eigenvalue weighted by Crippen LogP contribution is 2.27. The van der Waals surface area contributed by atoms with Gasteiger partial charge in [0, 0.05) is 6.42 Å². The molecule has 0 spiro atoms. The zero-order chi connectivity index (χ0) is 14.8. The van der Waals surface area contributed by atoms with E-state index in [4.69, 9.17) is 4.84 Å². The van der Waals surface area contributed by atoms with E-state index < -0.39 is 15.4 Å². The summed E-state index contributed by atoms with van der Waals surface area (Å²) in [6, 6.07) is 9.50. The first-order valence-electron chi connectivity index (χ1n) is 6.52. The predicted molar refractivity (Wildman–Crippen MR) is 81.1 cm³/mol. The molecule has 1 heterocycles. The largest absolute Gasteiger partial charge is 0.389 e. The van der Waals surface area contributed by atoms with Crippen molar-refractivity contribution in [1.82, 2.24) is 0 Å². The minimum absolute atomic E-state index is 0.0498. The lowest BCUT2D eigenvalue weighted by Crippen LogP contribution is -2.24. The summed E-state index contributed by atoms with van der Waals surface area (Å²) in [4.78, 5) is 5.15. The summed E-state index contributed by atoms with van der Waals surface area (Å²) in [6.45, 7) is 5.49. The third-order valence-corrected chi connectivity index (χ3v) is 4.80. The van der Waals surface area contributed by atoms with Gasteiger partial charge in [-0.1, -0.05) is 41.6 Å². The Labute approximate surface area is 120 Å². The van der Waals surface area contributed by atoms with Crippen molar-refractivity contribution in [2.45, 2.75) is 32.8 Å². The molecule has 0 atom stereocenters. The van der Waals surface area contributed by atoms with E-state index in [1.807, 2.05) is 57.2 Å². The Bertz CT molecular complexity index is 643. The van der Waals surface area contributed by atoms with Crippen LogP contribution in [0.2, 0.25) is 0 Å². The van der Waals surface area contributed by atoms with Gasteiger partial charge in [-0.25, -0.2) is 8.42 Å². The number of hydrogen-bond donors (Lipinski definition) is 0. The summed E-state index contributed by atoms with van der Waals surface area (Å²) in [5.41, 5.74) is 1.15. The molecule has 0 radical (unpaired) electrons. The minimum Gasteiger partial charge on any atom is -0.389 e. The van der Waals surface area contributed by atoms with Gasteiger partial charge < -0.3 is 4.84 Å². The summed E-state index contributed by atoms with van der Waals surface area (Å²) in [7, 11) is -3.43. The lowest BCUT2D eigenvalue weighted by molar-refractivity contribution is 0.0123. The molecule has 0 aromatic heterocycles. The van der Waals surface area contributed by atoms with E-state index in [-0.39, 0.29) is 10.8 Å². The second-order valence-electron chi connectivity index (χ2n) is 5.45. The number of rotatable bonds is 3. The molecule has 0 unspecified atom stereocenters. The standard InChI is InChI=1S/C15H19NO3S/c1-4-12(13-8-6-5-7-9-13)11-20(17,18)14-10-15(2,3)19-16-14/h4-9H,10-11H2,1-3H3/b12-4+. The van der Waals surface area contributed by atoms with Crippen molar-refractivity contribution in [2.24, 2.45) is 5.16 Å². The number of sulfone groups is 1. The summed E-state index contributed by atoms with van der Waals surface area (Å²) in [5.74, 6) is -0.0498. The van der Waals surface area contributed by atoms with E-state index in [0.29, 0.717) is 6.42 Å². The molecule has 0 saturated heterocycles. The quantitative estimate of drug-likeness (QED) is 0.860. The van der Waals surface area contributed by atoms with E-state index in [9.17, 15) is 8.42 Å². The minimum atomic E-state index is -3.43. The number of benzene rings is 1. The van der Waals surface area contributed by atoms with E-state index >= 15 is 0 Å². The van der Waals surface area contributed by atoms with E-state index in [2.05, 4.69) is 5.16 Å².